The molecule has 0 fully saturated rings. The highest BCUT2D eigenvalue weighted by atomic mass is 35.5. The topological polar surface area (TPSA) is 106 Å². The highest BCUT2D eigenvalue weighted by Gasteiger charge is 2.31. The largest absolute Gasteiger partial charge is 0.363 e. The Morgan fingerprint density at radius 3 is 2.33 bits per heavy atom. The molecule has 0 bridgehead atoms. The van der Waals surface area contributed by atoms with Crippen molar-refractivity contribution in [2.45, 2.75) is 18.7 Å². The smallest absolute Gasteiger partial charge is 0.265 e. The van der Waals surface area contributed by atoms with Gasteiger partial charge in [0.25, 0.3) is 5.91 Å². The molecular formula is C10H12ClN5O4S. The summed E-state index contributed by atoms with van der Waals surface area (Å²) in [6.07, 6.45) is 0. The fourth-order valence-electron chi connectivity index (χ4n) is 1.75. The zero-order chi connectivity index (χ0) is 15.9. The molecule has 1 aromatic rings. The van der Waals surface area contributed by atoms with Crippen LogP contribution in [0.5, 0.6) is 0 Å². The third-order valence-electron chi connectivity index (χ3n) is 2.72. The van der Waals surface area contributed by atoms with Gasteiger partial charge in [-0.1, -0.05) is 16.8 Å². The van der Waals surface area contributed by atoms with Gasteiger partial charge in [0, 0.05) is 14.1 Å². The Hall–Kier alpha value is -1.94. The minimum atomic E-state index is -4.28. The van der Waals surface area contributed by atoms with Crippen molar-refractivity contribution >= 4 is 39.0 Å². The van der Waals surface area contributed by atoms with E-state index < -0.39 is 16.0 Å². The molecule has 0 N–H and O–H groups in total. The van der Waals surface area contributed by atoms with Gasteiger partial charge in [0.15, 0.2) is 10.6 Å². The Kier molecular flexibility index (Phi) is 3.76. The van der Waals surface area contributed by atoms with E-state index in [9.17, 15) is 13.2 Å². The van der Waals surface area contributed by atoms with Crippen molar-refractivity contribution in [1.29, 1.82) is 0 Å². The molecule has 2 heterocycles. The number of hydrazone groups is 1. The van der Waals surface area contributed by atoms with Gasteiger partial charge in [0.1, 0.15) is 5.15 Å². The summed E-state index contributed by atoms with van der Waals surface area (Å²) in [6, 6.07) is 0. The Bertz CT molecular complexity index is 780. The van der Waals surface area contributed by atoms with Crippen LogP contribution >= 0.6 is 11.6 Å². The summed E-state index contributed by atoms with van der Waals surface area (Å²) >= 11 is 5.87. The number of aryl methyl sites for hydroxylation is 2. The fourth-order valence-corrected chi connectivity index (χ4v) is 3.20. The first-order valence-electron chi connectivity index (χ1n) is 5.69. The van der Waals surface area contributed by atoms with Gasteiger partial charge in [-0.05, 0) is 13.8 Å². The number of hydrogen-bond donors (Lipinski definition) is 0. The van der Waals surface area contributed by atoms with Gasteiger partial charge in [0.05, 0.1) is 11.4 Å². The summed E-state index contributed by atoms with van der Waals surface area (Å²) in [6.45, 7) is 2.98. The second kappa shape index (κ2) is 5.11. The number of rotatable bonds is 3. The first kappa shape index (κ1) is 15.4. The number of carbonyl (C=O) groups excluding carboxylic acids is 1. The minimum Gasteiger partial charge on any atom is -0.265 e. The van der Waals surface area contributed by atoms with Crippen LogP contribution in [-0.4, -0.2) is 47.6 Å². The summed E-state index contributed by atoms with van der Waals surface area (Å²) < 4.78 is 30.0. The van der Waals surface area contributed by atoms with Crippen molar-refractivity contribution in [3.63, 3.8) is 0 Å². The molecule has 0 saturated carbocycles. The monoisotopic (exact) mass is 333 g/mol. The van der Waals surface area contributed by atoms with Crippen LogP contribution in [0.1, 0.15) is 12.6 Å². The van der Waals surface area contributed by atoms with Crippen molar-refractivity contribution in [2.75, 3.05) is 7.05 Å². The van der Waals surface area contributed by atoms with Gasteiger partial charge >= 0.3 is 10.1 Å². The third-order valence-corrected chi connectivity index (χ3v) is 4.52. The lowest BCUT2D eigenvalue weighted by molar-refractivity contribution is -0.122. The van der Waals surface area contributed by atoms with E-state index in [1.165, 1.54) is 32.6 Å². The number of hydrogen-bond acceptors (Lipinski definition) is 7. The van der Waals surface area contributed by atoms with E-state index >= 15 is 0 Å². The zero-order valence-corrected chi connectivity index (χ0v) is 13.2. The molecule has 0 aromatic carbocycles. The zero-order valence-electron chi connectivity index (χ0n) is 11.7. The van der Waals surface area contributed by atoms with Crippen molar-refractivity contribution in [3.05, 3.63) is 10.8 Å². The number of carbonyl (C=O) groups is 1. The Balaban J connectivity index is 2.36. The second-order valence-electron chi connectivity index (χ2n) is 4.31. The quantitative estimate of drug-likeness (QED) is 0.739. The molecular weight excluding hydrogens is 322 g/mol. The van der Waals surface area contributed by atoms with E-state index in [4.69, 9.17) is 11.6 Å². The maximum absolute atomic E-state index is 12.1. The Labute approximate surface area is 125 Å². The predicted molar refractivity (Wildman–Crippen MR) is 74.5 cm³/mol. The van der Waals surface area contributed by atoms with Gasteiger partial charge in [-0.2, -0.15) is 18.6 Å². The lowest BCUT2D eigenvalue weighted by Crippen LogP contribution is -2.24. The molecule has 9 nitrogen and oxygen atoms in total. The highest BCUT2D eigenvalue weighted by molar-refractivity contribution is 7.87. The van der Waals surface area contributed by atoms with Crippen LogP contribution in [0.2, 0.25) is 5.15 Å². The molecule has 0 spiro atoms. The van der Waals surface area contributed by atoms with Gasteiger partial charge in [-0.15, -0.1) is 0 Å². The van der Waals surface area contributed by atoms with E-state index in [0.717, 1.165) is 5.01 Å². The van der Waals surface area contributed by atoms with Gasteiger partial charge < -0.3 is 0 Å². The van der Waals surface area contributed by atoms with Gasteiger partial charge in [0.2, 0.25) is 0 Å². The van der Waals surface area contributed by atoms with E-state index in [2.05, 4.69) is 19.6 Å². The molecule has 0 radical (unpaired) electrons. The predicted octanol–water partition coefficient (Wildman–Crippen LogP) is 0.291. The molecule has 114 valence electrons. The average molecular weight is 334 g/mol. The first-order valence-corrected chi connectivity index (χ1v) is 7.48. The van der Waals surface area contributed by atoms with Crippen LogP contribution in [0.25, 0.3) is 0 Å². The SMILES string of the molecule is CC1=NN(C)C(=O)/C1=N\OS(=O)(=O)c1c(C)nn(C)c1Cl. The van der Waals surface area contributed by atoms with Crippen molar-refractivity contribution in [3.8, 4) is 0 Å². The third kappa shape index (κ3) is 2.63. The van der Waals surface area contributed by atoms with E-state index in [1.54, 1.807) is 0 Å². The summed E-state index contributed by atoms with van der Waals surface area (Å²) in [7, 11) is -1.37. The average Bonchev–Trinajstić information content (AvgIpc) is 2.75. The molecule has 1 amide bonds. The maximum atomic E-state index is 12.1. The van der Waals surface area contributed by atoms with Crippen molar-refractivity contribution in [1.82, 2.24) is 14.8 Å². The molecule has 0 aliphatic carbocycles. The summed E-state index contributed by atoms with van der Waals surface area (Å²) in [5.41, 5.74) is 0.244. The number of nitrogens with zero attached hydrogens (tertiary/aromatic N) is 5. The lowest BCUT2D eigenvalue weighted by atomic mass is 10.3. The van der Waals surface area contributed by atoms with Crippen LogP contribution < -0.4 is 0 Å². The minimum absolute atomic E-state index is 0.104. The Morgan fingerprint density at radius 1 is 1.29 bits per heavy atom. The molecule has 0 unspecified atom stereocenters. The van der Waals surface area contributed by atoms with E-state index in [-0.39, 0.29) is 27.2 Å². The van der Waals surface area contributed by atoms with Crippen LogP contribution in [0.15, 0.2) is 15.2 Å². The Morgan fingerprint density at radius 2 is 1.90 bits per heavy atom. The second-order valence-corrected chi connectivity index (χ2v) is 6.14. The van der Waals surface area contributed by atoms with Crippen LogP contribution in [0.4, 0.5) is 0 Å². The number of oxime groups is 1. The van der Waals surface area contributed by atoms with Gasteiger partial charge in [-0.3, -0.25) is 13.8 Å². The van der Waals surface area contributed by atoms with Crippen LogP contribution in [0.3, 0.4) is 0 Å². The van der Waals surface area contributed by atoms with Gasteiger partial charge in [-0.25, -0.2) is 5.01 Å². The highest BCUT2D eigenvalue weighted by Crippen LogP contribution is 2.26. The number of halogens is 1. The summed E-state index contributed by atoms with van der Waals surface area (Å²) in [5.74, 6) is -0.559. The summed E-state index contributed by atoms with van der Waals surface area (Å²) in [4.78, 5) is 11.4. The molecule has 0 saturated heterocycles. The van der Waals surface area contributed by atoms with E-state index in [1.807, 2.05) is 0 Å². The van der Waals surface area contributed by atoms with Crippen molar-refractivity contribution in [2.24, 2.45) is 17.3 Å². The standard InChI is InChI=1S/C10H12ClN5O4S/c1-5-7(10(17)16(4)12-5)14-20-21(18,19)8-6(2)13-15(3)9(8)11/h1-4H3/b14-7-. The molecule has 2 rings (SSSR count). The lowest BCUT2D eigenvalue weighted by Gasteiger charge is -2.02. The molecule has 1 aliphatic rings. The van der Waals surface area contributed by atoms with Crippen LogP contribution in [0, 0.1) is 6.92 Å². The summed E-state index contributed by atoms with van der Waals surface area (Å²) in [5, 5.41) is 12.0. The van der Waals surface area contributed by atoms with Crippen molar-refractivity contribution < 1.29 is 17.5 Å². The normalized spacial score (nSPS) is 17.6. The van der Waals surface area contributed by atoms with E-state index in [0.29, 0.717) is 0 Å². The fraction of sp³-hybridized carbons (Fsp3) is 0.400. The first-order chi connectivity index (χ1) is 9.65. The number of amides is 1. The number of aromatic nitrogens is 2. The molecule has 21 heavy (non-hydrogen) atoms. The molecule has 0 atom stereocenters. The molecule has 1 aromatic heterocycles. The maximum Gasteiger partial charge on any atom is 0.363 e. The molecule has 11 heteroatoms. The molecule has 1 aliphatic heterocycles. The van der Waals surface area contributed by atoms with Crippen LogP contribution in [-0.2, 0) is 26.2 Å².